The Labute approximate surface area is 222 Å². The average Bonchev–Trinajstić information content (AvgIpc) is 3.47. The third-order valence-corrected chi connectivity index (χ3v) is 6.62. The van der Waals surface area contributed by atoms with E-state index in [1.54, 1.807) is 0 Å². The summed E-state index contributed by atoms with van der Waals surface area (Å²) in [5.41, 5.74) is -0.644. The van der Waals surface area contributed by atoms with E-state index < -0.39 is 53.4 Å². The average molecular weight is 543 g/mol. The number of cyclic esters (lactones) is 4. The normalized spacial score (nSPS) is 17.3. The number of rotatable bonds is 4. The summed E-state index contributed by atoms with van der Waals surface area (Å²) in [6.07, 6.45) is 1.33. The van der Waals surface area contributed by atoms with Crippen LogP contribution in [0.1, 0.15) is 64.6 Å². The molecule has 198 valence electrons. The van der Waals surface area contributed by atoms with Crippen LogP contribution >= 0.6 is 0 Å². The highest BCUT2D eigenvalue weighted by molar-refractivity contribution is 6.23. The molecule has 0 saturated carbocycles. The van der Waals surface area contributed by atoms with Crippen LogP contribution in [0.3, 0.4) is 0 Å². The predicted octanol–water partition coefficient (Wildman–Crippen LogP) is 1.45. The van der Waals surface area contributed by atoms with Crippen molar-refractivity contribution in [3.8, 4) is 11.5 Å². The number of hydrogen-bond acceptors (Lipinski definition) is 12. The van der Waals surface area contributed by atoms with Gasteiger partial charge in [0.2, 0.25) is 0 Å². The van der Waals surface area contributed by atoms with Crippen LogP contribution < -0.4 is 9.47 Å². The number of esters is 6. The highest BCUT2D eigenvalue weighted by Crippen LogP contribution is 2.37. The Kier molecular flexibility index (Phi) is 5.33. The molecule has 0 unspecified atom stereocenters. The first-order chi connectivity index (χ1) is 19.0. The molecule has 0 N–H and O–H groups in total. The van der Waals surface area contributed by atoms with E-state index in [9.17, 15) is 38.4 Å². The van der Waals surface area contributed by atoms with E-state index in [2.05, 4.69) is 9.47 Å². The molecule has 2 aromatic rings. The number of fused-ring (bicyclic) bond motifs is 2. The molecule has 0 saturated heterocycles. The van der Waals surface area contributed by atoms with Gasteiger partial charge in [0.15, 0.2) is 0 Å². The van der Waals surface area contributed by atoms with Crippen LogP contribution in [0.25, 0.3) is 0 Å². The van der Waals surface area contributed by atoms with E-state index in [1.807, 2.05) is 0 Å². The van der Waals surface area contributed by atoms with Crippen LogP contribution in [0.15, 0.2) is 53.1 Å². The highest BCUT2D eigenvalue weighted by Gasteiger charge is 2.39. The third kappa shape index (κ3) is 3.71. The van der Waals surface area contributed by atoms with E-state index in [4.69, 9.17) is 9.47 Å². The van der Waals surface area contributed by atoms with E-state index >= 15 is 0 Å². The van der Waals surface area contributed by atoms with E-state index in [0.717, 1.165) is 23.1 Å². The molecule has 0 radical (unpaired) electrons. The van der Waals surface area contributed by atoms with Crippen molar-refractivity contribution in [1.82, 2.24) is 4.90 Å². The van der Waals surface area contributed by atoms with Gasteiger partial charge in [-0.1, -0.05) is 0 Å². The van der Waals surface area contributed by atoms with Crippen LogP contribution in [0, 0.1) is 0 Å². The van der Waals surface area contributed by atoms with Gasteiger partial charge in [-0.25, -0.2) is 28.8 Å². The Morgan fingerprint density at radius 3 is 2.25 bits per heavy atom. The second kappa shape index (κ2) is 8.66. The van der Waals surface area contributed by atoms with Gasteiger partial charge in [-0.05, 0) is 43.2 Å². The number of ether oxygens (including phenoxy) is 4. The topological polar surface area (TPSA) is 177 Å². The Morgan fingerprint density at radius 2 is 1.48 bits per heavy atom. The molecule has 2 aromatic carbocycles. The van der Waals surface area contributed by atoms with Crippen LogP contribution in [0.5, 0.6) is 11.5 Å². The van der Waals surface area contributed by atoms with Gasteiger partial charge in [0.1, 0.15) is 11.5 Å². The van der Waals surface area contributed by atoms with Crippen LogP contribution in [0.2, 0.25) is 0 Å². The Hall–Kier alpha value is -5.72. The first-order valence-electron chi connectivity index (χ1n) is 11.6. The maximum atomic E-state index is 13.0. The maximum Gasteiger partial charge on any atom is 0.346 e. The summed E-state index contributed by atoms with van der Waals surface area (Å²) in [6.45, 7) is 0. The Morgan fingerprint density at radius 1 is 0.750 bits per heavy atom. The predicted molar refractivity (Wildman–Crippen MR) is 125 cm³/mol. The van der Waals surface area contributed by atoms with Gasteiger partial charge in [0.05, 0.1) is 39.0 Å². The van der Waals surface area contributed by atoms with Crippen molar-refractivity contribution in [3.05, 3.63) is 80.9 Å². The fourth-order valence-electron chi connectivity index (χ4n) is 4.59. The molecule has 1 aliphatic carbocycles. The monoisotopic (exact) mass is 543 g/mol. The molecule has 13 nitrogen and oxygen atoms in total. The van der Waals surface area contributed by atoms with Gasteiger partial charge in [-0.3, -0.25) is 14.5 Å². The van der Waals surface area contributed by atoms with Crippen molar-refractivity contribution in [2.75, 3.05) is 7.05 Å². The Bertz CT molecular complexity index is 1760. The maximum absolute atomic E-state index is 13.0. The molecule has 0 bridgehead atoms. The first-order valence-corrected chi connectivity index (χ1v) is 11.6. The summed E-state index contributed by atoms with van der Waals surface area (Å²) in [5, 5.41) is 0. The number of carbonyl (C=O) groups excluding carboxylic acids is 8. The second-order valence-corrected chi connectivity index (χ2v) is 8.97. The lowest BCUT2D eigenvalue weighted by molar-refractivity contribution is -0.151. The minimum absolute atomic E-state index is 0.0334. The fourth-order valence-corrected chi connectivity index (χ4v) is 4.59. The van der Waals surface area contributed by atoms with Gasteiger partial charge in [0.25, 0.3) is 11.8 Å². The number of carbonyl (C=O) groups is 8. The number of nitrogens with zero attached hydrogens (tertiary/aromatic N) is 1. The zero-order chi connectivity index (χ0) is 28.5. The molecule has 0 aromatic heterocycles. The molecule has 6 rings (SSSR count). The number of benzene rings is 2. The standard InChI is InChI=1S/C27H13NO12/c1-28-20(29)17-8-12(37-22(31)10-2-4-13-15(6-10)26(35)39-24(13)33)9-18(19(17)21(28)30)38-23(32)11-3-5-14-16(7-11)27(36)40-25(14)34/h3,5-9H,2,4H2,1H3. The molecule has 0 atom stereocenters. The summed E-state index contributed by atoms with van der Waals surface area (Å²) >= 11 is 0. The Balaban J connectivity index is 1.32. The van der Waals surface area contributed by atoms with Gasteiger partial charge in [0, 0.05) is 18.7 Å². The number of hydrogen-bond donors (Lipinski definition) is 0. The summed E-state index contributed by atoms with van der Waals surface area (Å²) in [5.74, 6) is -7.59. The zero-order valence-electron chi connectivity index (χ0n) is 20.2. The number of imide groups is 1. The fraction of sp³-hybridized carbons (Fsp3) is 0.111. The van der Waals surface area contributed by atoms with Crippen molar-refractivity contribution in [2.24, 2.45) is 0 Å². The van der Waals surface area contributed by atoms with E-state index in [1.165, 1.54) is 25.3 Å². The highest BCUT2D eigenvalue weighted by atomic mass is 16.6. The molecule has 3 heterocycles. The van der Waals surface area contributed by atoms with Crippen molar-refractivity contribution >= 4 is 47.6 Å². The summed E-state index contributed by atoms with van der Waals surface area (Å²) in [7, 11) is 1.21. The molecule has 0 fully saturated rings. The van der Waals surface area contributed by atoms with Gasteiger partial charge >= 0.3 is 35.8 Å². The lowest BCUT2D eigenvalue weighted by atomic mass is 9.93. The summed E-state index contributed by atoms with van der Waals surface area (Å²) in [6, 6.07) is 5.70. The molecule has 4 aliphatic rings. The lowest BCUT2D eigenvalue weighted by Crippen LogP contribution is -2.24. The largest absolute Gasteiger partial charge is 0.423 e. The first kappa shape index (κ1) is 24.6. The SMILES string of the molecule is CN1C(=O)c2cc(OC(=O)C3=CC4=C(CC3)C(=O)OC4=O)cc(OC(=O)c3ccc4c(c3)C(=O)OC4=O)c2C1=O. The molecular weight excluding hydrogens is 530 g/mol. The minimum atomic E-state index is -1.05. The third-order valence-electron chi connectivity index (χ3n) is 6.62. The van der Waals surface area contributed by atoms with E-state index in [-0.39, 0.29) is 63.1 Å². The van der Waals surface area contributed by atoms with Gasteiger partial charge in [-0.2, -0.15) is 0 Å². The number of amides is 2. The molecular formula is C27H13NO12. The zero-order valence-corrected chi connectivity index (χ0v) is 20.2. The van der Waals surface area contributed by atoms with Crippen molar-refractivity contribution < 1.29 is 57.3 Å². The van der Waals surface area contributed by atoms with Crippen LogP contribution in [-0.2, 0) is 23.9 Å². The summed E-state index contributed by atoms with van der Waals surface area (Å²) in [4.78, 5) is 99.2. The molecule has 0 spiro atoms. The van der Waals surface area contributed by atoms with E-state index in [0.29, 0.717) is 0 Å². The summed E-state index contributed by atoms with van der Waals surface area (Å²) < 4.78 is 19.8. The van der Waals surface area contributed by atoms with Gasteiger partial charge in [-0.15, -0.1) is 0 Å². The van der Waals surface area contributed by atoms with Crippen molar-refractivity contribution in [2.45, 2.75) is 12.8 Å². The second-order valence-electron chi connectivity index (χ2n) is 8.97. The lowest BCUT2D eigenvalue weighted by Gasteiger charge is -2.14. The van der Waals surface area contributed by atoms with Gasteiger partial charge < -0.3 is 18.9 Å². The van der Waals surface area contributed by atoms with Crippen LogP contribution in [0.4, 0.5) is 0 Å². The van der Waals surface area contributed by atoms with Crippen molar-refractivity contribution in [1.29, 1.82) is 0 Å². The quantitative estimate of drug-likeness (QED) is 0.235. The van der Waals surface area contributed by atoms with Crippen molar-refractivity contribution in [3.63, 3.8) is 0 Å². The van der Waals surface area contributed by atoms with Crippen LogP contribution in [-0.4, -0.2) is 59.6 Å². The minimum Gasteiger partial charge on any atom is -0.423 e. The smallest absolute Gasteiger partial charge is 0.346 e. The molecule has 2 amide bonds. The molecule has 3 aliphatic heterocycles. The molecule has 40 heavy (non-hydrogen) atoms. The molecule has 13 heteroatoms.